The Balaban J connectivity index is 1.58. The fraction of sp³-hybridized carbons (Fsp3) is 0.0952. The van der Waals surface area contributed by atoms with Gasteiger partial charge in [0.15, 0.2) is 15.0 Å². The maximum Gasteiger partial charge on any atom is 0.263 e. The van der Waals surface area contributed by atoms with Crippen molar-refractivity contribution in [2.24, 2.45) is 0 Å². The van der Waals surface area contributed by atoms with E-state index in [0.29, 0.717) is 15.8 Å². The summed E-state index contributed by atoms with van der Waals surface area (Å²) >= 11 is 1.11. The van der Waals surface area contributed by atoms with Crippen LogP contribution in [0.2, 0.25) is 0 Å². The third kappa shape index (κ3) is 4.54. The van der Waals surface area contributed by atoms with Gasteiger partial charge in [-0.15, -0.1) is 0 Å². The molecular formula is C21H16FN3O4S2. The van der Waals surface area contributed by atoms with Crippen LogP contribution in [-0.2, 0) is 16.4 Å². The number of hydrogen-bond acceptors (Lipinski definition) is 6. The van der Waals surface area contributed by atoms with Gasteiger partial charge >= 0.3 is 0 Å². The molecule has 0 unspecified atom stereocenters. The van der Waals surface area contributed by atoms with E-state index in [-0.39, 0.29) is 28.0 Å². The molecule has 7 nitrogen and oxygen atoms in total. The number of carbonyl (C=O) groups excluding carboxylic acids is 1. The summed E-state index contributed by atoms with van der Waals surface area (Å²) in [6, 6.07) is 13.3. The van der Waals surface area contributed by atoms with Crippen LogP contribution in [0, 0.1) is 5.82 Å². The second-order valence-corrected chi connectivity index (χ2v) is 9.90. The van der Waals surface area contributed by atoms with E-state index in [9.17, 15) is 22.4 Å². The Kier molecular flexibility index (Phi) is 5.42. The highest BCUT2D eigenvalue weighted by atomic mass is 32.2. The number of nitrogens with one attached hydrogen (secondary N) is 1. The Morgan fingerprint density at radius 2 is 1.90 bits per heavy atom. The summed E-state index contributed by atoms with van der Waals surface area (Å²) < 4.78 is 38.5. The molecular weight excluding hydrogens is 441 g/mol. The zero-order valence-corrected chi connectivity index (χ0v) is 17.8. The lowest BCUT2D eigenvalue weighted by Crippen LogP contribution is -2.29. The molecule has 2 heterocycles. The number of nitrogens with zero attached hydrogens (tertiary/aromatic N) is 2. The zero-order valence-electron chi connectivity index (χ0n) is 16.2. The molecule has 158 valence electrons. The summed E-state index contributed by atoms with van der Waals surface area (Å²) in [7, 11) is -3.36. The zero-order chi connectivity index (χ0) is 22.2. The molecule has 0 aliphatic carbocycles. The third-order valence-corrected chi connectivity index (χ3v) is 6.58. The fourth-order valence-electron chi connectivity index (χ4n) is 2.97. The van der Waals surface area contributed by atoms with Crippen LogP contribution in [0.4, 0.5) is 9.52 Å². The number of amides is 1. The molecule has 1 N–H and O–H groups in total. The summed E-state index contributed by atoms with van der Waals surface area (Å²) in [5, 5.41) is 2.85. The minimum Gasteiger partial charge on any atom is -0.310 e. The summed E-state index contributed by atoms with van der Waals surface area (Å²) in [5.74, 6) is -0.996. The van der Waals surface area contributed by atoms with Gasteiger partial charge in [-0.3, -0.25) is 14.9 Å². The molecule has 0 fully saturated rings. The number of thiazole rings is 1. The van der Waals surface area contributed by atoms with Crippen molar-refractivity contribution in [3.05, 3.63) is 88.1 Å². The molecule has 10 heteroatoms. The number of hydrogen-bond donors (Lipinski definition) is 1. The van der Waals surface area contributed by atoms with E-state index in [1.165, 1.54) is 34.9 Å². The Hall–Kier alpha value is -3.37. The van der Waals surface area contributed by atoms with Gasteiger partial charge in [-0.05, 0) is 48.0 Å². The van der Waals surface area contributed by atoms with Gasteiger partial charge in [-0.1, -0.05) is 23.5 Å². The molecule has 0 bridgehead atoms. The standard InChI is InChI=1S/C21H16FN3O4S2/c1-31(28,29)15-8-9-17-18(11-15)30-21(23-17)24-19(26)16-3-2-10-25(20(16)27)12-13-4-6-14(22)7-5-13/h2-11H,12H2,1H3,(H,23,24,26). The van der Waals surface area contributed by atoms with Crippen LogP contribution in [0.1, 0.15) is 15.9 Å². The highest BCUT2D eigenvalue weighted by molar-refractivity contribution is 7.90. The normalized spacial score (nSPS) is 11.5. The van der Waals surface area contributed by atoms with Crippen LogP contribution in [0.3, 0.4) is 0 Å². The van der Waals surface area contributed by atoms with E-state index in [1.807, 2.05) is 0 Å². The number of rotatable bonds is 5. The SMILES string of the molecule is CS(=O)(=O)c1ccc2nc(NC(=O)c3cccn(Cc4ccc(F)cc4)c3=O)sc2c1. The van der Waals surface area contributed by atoms with Gasteiger partial charge in [-0.2, -0.15) is 0 Å². The average Bonchev–Trinajstić information content (AvgIpc) is 3.12. The van der Waals surface area contributed by atoms with Crippen LogP contribution in [0.25, 0.3) is 10.2 Å². The number of fused-ring (bicyclic) bond motifs is 1. The minimum atomic E-state index is -3.36. The van der Waals surface area contributed by atoms with Crippen LogP contribution in [-0.4, -0.2) is 30.1 Å². The largest absolute Gasteiger partial charge is 0.310 e. The Bertz CT molecular complexity index is 1460. The van der Waals surface area contributed by atoms with Crippen LogP contribution in [0.15, 0.2) is 70.5 Å². The maximum atomic E-state index is 13.1. The maximum absolute atomic E-state index is 13.1. The van der Waals surface area contributed by atoms with Crippen molar-refractivity contribution in [2.75, 3.05) is 11.6 Å². The molecule has 1 amide bonds. The van der Waals surface area contributed by atoms with E-state index >= 15 is 0 Å². The number of carbonyl (C=O) groups is 1. The van der Waals surface area contributed by atoms with Gasteiger partial charge in [-0.25, -0.2) is 17.8 Å². The molecule has 0 saturated carbocycles. The van der Waals surface area contributed by atoms with E-state index in [2.05, 4.69) is 10.3 Å². The number of benzene rings is 2. The molecule has 4 rings (SSSR count). The molecule has 2 aromatic heterocycles. The van der Waals surface area contributed by atoms with E-state index < -0.39 is 21.3 Å². The van der Waals surface area contributed by atoms with Gasteiger partial charge in [0.1, 0.15) is 11.4 Å². The van der Waals surface area contributed by atoms with Crippen molar-refractivity contribution in [1.29, 1.82) is 0 Å². The van der Waals surface area contributed by atoms with Crippen LogP contribution in [0.5, 0.6) is 0 Å². The van der Waals surface area contributed by atoms with Crippen molar-refractivity contribution in [2.45, 2.75) is 11.4 Å². The van der Waals surface area contributed by atoms with Gasteiger partial charge in [0.2, 0.25) is 0 Å². The molecule has 0 atom stereocenters. The monoisotopic (exact) mass is 457 g/mol. The first-order chi connectivity index (χ1) is 14.7. The predicted octanol–water partition coefficient (Wildman–Crippen LogP) is 3.30. The summed E-state index contributed by atoms with van der Waals surface area (Å²) in [5.41, 5.74) is 0.689. The highest BCUT2D eigenvalue weighted by Crippen LogP contribution is 2.28. The molecule has 2 aromatic carbocycles. The van der Waals surface area contributed by atoms with Crippen molar-refractivity contribution in [1.82, 2.24) is 9.55 Å². The summed E-state index contributed by atoms with van der Waals surface area (Å²) in [6.45, 7) is 0.190. The molecule has 4 aromatic rings. The highest BCUT2D eigenvalue weighted by Gasteiger charge is 2.16. The number of aromatic nitrogens is 2. The van der Waals surface area contributed by atoms with Gasteiger partial charge < -0.3 is 4.57 Å². The quantitative estimate of drug-likeness (QED) is 0.496. The van der Waals surface area contributed by atoms with Gasteiger partial charge in [0.25, 0.3) is 11.5 Å². The first kappa shape index (κ1) is 20.9. The molecule has 0 aliphatic rings. The lowest BCUT2D eigenvalue weighted by atomic mass is 10.2. The molecule has 31 heavy (non-hydrogen) atoms. The second-order valence-electron chi connectivity index (χ2n) is 6.86. The van der Waals surface area contributed by atoms with E-state index in [0.717, 1.165) is 17.6 Å². The Morgan fingerprint density at radius 3 is 2.61 bits per heavy atom. The van der Waals surface area contributed by atoms with E-state index in [1.54, 1.807) is 30.5 Å². The van der Waals surface area contributed by atoms with Crippen LogP contribution >= 0.6 is 11.3 Å². The lowest BCUT2D eigenvalue weighted by Gasteiger charge is -2.08. The molecule has 0 radical (unpaired) electrons. The number of sulfone groups is 1. The van der Waals surface area contributed by atoms with Crippen molar-refractivity contribution in [3.8, 4) is 0 Å². The minimum absolute atomic E-state index is 0.0688. The third-order valence-electron chi connectivity index (χ3n) is 4.54. The van der Waals surface area contributed by atoms with Gasteiger partial charge in [0.05, 0.1) is 21.7 Å². The van der Waals surface area contributed by atoms with Crippen LogP contribution < -0.4 is 10.9 Å². The molecule has 0 saturated heterocycles. The number of anilines is 1. The Labute approximate surface area is 180 Å². The fourth-order valence-corrected chi connectivity index (χ4v) is 4.60. The second kappa shape index (κ2) is 8.05. The average molecular weight is 458 g/mol. The van der Waals surface area contributed by atoms with Crippen molar-refractivity contribution >= 4 is 42.4 Å². The first-order valence-corrected chi connectivity index (χ1v) is 11.8. The summed E-state index contributed by atoms with van der Waals surface area (Å²) in [4.78, 5) is 29.9. The first-order valence-electron chi connectivity index (χ1n) is 9.06. The number of halogens is 1. The summed E-state index contributed by atoms with van der Waals surface area (Å²) in [6.07, 6.45) is 2.66. The molecule has 0 spiro atoms. The number of pyridine rings is 1. The smallest absolute Gasteiger partial charge is 0.263 e. The van der Waals surface area contributed by atoms with Crippen molar-refractivity contribution < 1.29 is 17.6 Å². The predicted molar refractivity (Wildman–Crippen MR) is 117 cm³/mol. The van der Waals surface area contributed by atoms with Crippen molar-refractivity contribution in [3.63, 3.8) is 0 Å². The Morgan fingerprint density at radius 1 is 1.16 bits per heavy atom. The lowest BCUT2D eigenvalue weighted by molar-refractivity contribution is 0.102. The molecule has 0 aliphatic heterocycles. The van der Waals surface area contributed by atoms with Gasteiger partial charge in [0, 0.05) is 12.5 Å². The van der Waals surface area contributed by atoms with E-state index in [4.69, 9.17) is 0 Å². The topological polar surface area (TPSA) is 98.1 Å².